The largest absolute Gasteiger partial charge is 0.264 e. The monoisotopic (exact) mass is 267 g/mol. The van der Waals surface area contributed by atoms with Crippen LogP contribution in [0.15, 0.2) is 17.0 Å². The van der Waals surface area contributed by atoms with Crippen molar-refractivity contribution in [2.45, 2.75) is 10.8 Å². The molecule has 0 atom stereocenters. The van der Waals surface area contributed by atoms with Crippen molar-refractivity contribution in [3.63, 3.8) is 0 Å². The fourth-order valence-electron chi connectivity index (χ4n) is 1.09. The smallest absolute Gasteiger partial charge is 0.207 e. The van der Waals surface area contributed by atoms with Gasteiger partial charge < -0.3 is 0 Å². The molecule has 0 aromatic heterocycles. The summed E-state index contributed by atoms with van der Waals surface area (Å²) in [5, 5.41) is 8.53. The van der Waals surface area contributed by atoms with Gasteiger partial charge in [0.25, 0.3) is 9.05 Å². The van der Waals surface area contributed by atoms with Crippen LogP contribution in [0.2, 0.25) is 0 Å². The molecule has 7 heteroatoms. The molecule has 0 aliphatic rings. The standard InChI is InChI=1S/C8H4Cl2FNO2S/c9-3-6-1-5(4-12)2-7(11)8(6)15(10,13)14/h1-2H,3H2. The van der Waals surface area contributed by atoms with E-state index in [1.54, 1.807) is 6.07 Å². The lowest BCUT2D eigenvalue weighted by Gasteiger charge is -2.05. The molecule has 0 saturated carbocycles. The Morgan fingerprint density at radius 1 is 1.47 bits per heavy atom. The highest BCUT2D eigenvalue weighted by Gasteiger charge is 2.21. The zero-order chi connectivity index (χ0) is 11.6. The Morgan fingerprint density at radius 3 is 2.47 bits per heavy atom. The van der Waals surface area contributed by atoms with Gasteiger partial charge in [0.1, 0.15) is 10.7 Å². The molecule has 15 heavy (non-hydrogen) atoms. The molecule has 3 nitrogen and oxygen atoms in total. The minimum Gasteiger partial charge on any atom is -0.207 e. The Balaban J connectivity index is 3.61. The molecule has 0 bridgehead atoms. The minimum atomic E-state index is -4.20. The molecule has 0 spiro atoms. The third kappa shape index (κ3) is 2.59. The van der Waals surface area contributed by atoms with Crippen molar-refractivity contribution in [3.05, 3.63) is 29.1 Å². The maximum absolute atomic E-state index is 13.3. The van der Waals surface area contributed by atoms with Gasteiger partial charge in [-0.2, -0.15) is 5.26 Å². The first kappa shape index (κ1) is 12.2. The lowest BCUT2D eigenvalue weighted by atomic mass is 10.1. The van der Waals surface area contributed by atoms with Gasteiger partial charge in [0.05, 0.1) is 11.6 Å². The van der Waals surface area contributed by atoms with E-state index in [9.17, 15) is 12.8 Å². The van der Waals surface area contributed by atoms with Gasteiger partial charge in [-0.1, -0.05) is 0 Å². The summed E-state index contributed by atoms with van der Waals surface area (Å²) in [6.07, 6.45) is 0. The summed E-state index contributed by atoms with van der Waals surface area (Å²) < 4.78 is 35.3. The Hall–Kier alpha value is -0.830. The third-order valence-electron chi connectivity index (χ3n) is 1.64. The van der Waals surface area contributed by atoms with Crippen LogP contribution in [-0.2, 0) is 14.9 Å². The lowest BCUT2D eigenvalue weighted by Crippen LogP contribution is -2.01. The van der Waals surface area contributed by atoms with Crippen LogP contribution in [0.5, 0.6) is 0 Å². The van der Waals surface area contributed by atoms with E-state index in [1.165, 1.54) is 6.07 Å². The minimum absolute atomic E-state index is 0.00721. The first-order valence-electron chi connectivity index (χ1n) is 3.63. The second kappa shape index (κ2) is 4.35. The van der Waals surface area contributed by atoms with E-state index in [-0.39, 0.29) is 17.0 Å². The number of benzene rings is 1. The van der Waals surface area contributed by atoms with Crippen molar-refractivity contribution in [1.82, 2.24) is 0 Å². The molecule has 0 N–H and O–H groups in total. The number of hydrogen-bond donors (Lipinski definition) is 0. The van der Waals surface area contributed by atoms with Gasteiger partial charge in [-0.05, 0) is 17.7 Å². The molecule has 0 fully saturated rings. The summed E-state index contributed by atoms with van der Waals surface area (Å²) in [4.78, 5) is -0.668. The third-order valence-corrected chi connectivity index (χ3v) is 3.33. The van der Waals surface area contributed by atoms with Gasteiger partial charge >= 0.3 is 0 Å². The fraction of sp³-hybridized carbons (Fsp3) is 0.125. The molecular formula is C8H4Cl2FNO2S. The van der Waals surface area contributed by atoms with E-state index >= 15 is 0 Å². The van der Waals surface area contributed by atoms with Crippen LogP contribution in [0, 0.1) is 17.1 Å². The normalized spacial score (nSPS) is 11.1. The number of nitrogens with zero attached hydrogens (tertiary/aromatic N) is 1. The SMILES string of the molecule is N#Cc1cc(F)c(S(=O)(=O)Cl)c(CCl)c1. The van der Waals surface area contributed by atoms with Crippen molar-refractivity contribution in [3.8, 4) is 6.07 Å². The summed E-state index contributed by atoms with van der Waals surface area (Å²) in [5.41, 5.74) is -0.0320. The van der Waals surface area contributed by atoms with Crippen LogP contribution in [0.4, 0.5) is 4.39 Å². The van der Waals surface area contributed by atoms with Crippen LogP contribution < -0.4 is 0 Å². The van der Waals surface area contributed by atoms with Crippen LogP contribution in [0.3, 0.4) is 0 Å². The van der Waals surface area contributed by atoms with Gasteiger partial charge in [-0.15, -0.1) is 11.6 Å². The number of halogens is 3. The number of alkyl halides is 1. The van der Waals surface area contributed by atoms with Gasteiger partial charge in [-0.3, -0.25) is 0 Å². The molecule has 0 unspecified atom stereocenters. The first-order chi connectivity index (χ1) is 6.90. The van der Waals surface area contributed by atoms with Crippen molar-refractivity contribution >= 4 is 31.3 Å². The molecule has 0 aliphatic heterocycles. The quantitative estimate of drug-likeness (QED) is 0.611. The molecule has 0 saturated heterocycles. The summed E-state index contributed by atoms with van der Waals surface area (Å²) in [6, 6.07) is 3.67. The number of nitriles is 1. The Morgan fingerprint density at radius 2 is 2.07 bits per heavy atom. The molecule has 1 rings (SSSR count). The van der Waals surface area contributed by atoms with Crippen LogP contribution in [0.1, 0.15) is 11.1 Å². The molecule has 1 aromatic carbocycles. The molecule has 0 aliphatic carbocycles. The maximum atomic E-state index is 13.3. The van der Waals surface area contributed by atoms with Gasteiger partial charge in [-0.25, -0.2) is 12.8 Å². The van der Waals surface area contributed by atoms with Gasteiger partial charge in [0.15, 0.2) is 0 Å². The predicted molar refractivity (Wildman–Crippen MR) is 53.7 cm³/mol. The summed E-state index contributed by atoms with van der Waals surface area (Å²) in [6.45, 7) is 0. The highest BCUT2D eigenvalue weighted by molar-refractivity contribution is 8.13. The van der Waals surface area contributed by atoms with Gasteiger partial charge in [0, 0.05) is 16.6 Å². The van der Waals surface area contributed by atoms with E-state index in [1.807, 2.05) is 0 Å². The molecule has 1 aromatic rings. The van der Waals surface area contributed by atoms with Crippen molar-refractivity contribution in [2.75, 3.05) is 0 Å². The lowest BCUT2D eigenvalue weighted by molar-refractivity contribution is 0.572. The summed E-state index contributed by atoms with van der Waals surface area (Å²) in [7, 11) is 0.836. The Labute approximate surface area is 95.5 Å². The van der Waals surface area contributed by atoms with Gasteiger partial charge in [0.2, 0.25) is 0 Å². The second-order valence-electron chi connectivity index (χ2n) is 2.63. The molecule has 80 valence electrons. The van der Waals surface area contributed by atoms with Crippen molar-refractivity contribution in [2.24, 2.45) is 0 Å². The molecule has 0 heterocycles. The van der Waals surface area contributed by atoms with Crippen molar-refractivity contribution in [1.29, 1.82) is 5.26 Å². The maximum Gasteiger partial charge on any atom is 0.264 e. The average Bonchev–Trinajstić information content (AvgIpc) is 2.14. The van der Waals surface area contributed by atoms with E-state index in [0.717, 1.165) is 6.07 Å². The Bertz CT molecular complexity index is 536. The zero-order valence-electron chi connectivity index (χ0n) is 7.17. The highest BCUT2D eigenvalue weighted by Crippen LogP contribution is 2.26. The molecular weight excluding hydrogens is 264 g/mol. The molecule has 0 amide bonds. The first-order valence-corrected chi connectivity index (χ1v) is 6.47. The van der Waals surface area contributed by atoms with E-state index in [4.69, 9.17) is 27.5 Å². The van der Waals surface area contributed by atoms with E-state index in [2.05, 4.69) is 0 Å². The summed E-state index contributed by atoms with van der Waals surface area (Å²) >= 11 is 5.44. The number of hydrogen-bond acceptors (Lipinski definition) is 3. The van der Waals surface area contributed by atoms with Crippen LogP contribution in [-0.4, -0.2) is 8.42 Å². The Kier molecular flexibility index (Phi) is 3.55. The topological polar surface area (TPSA) is 57.9 Å². The highest BCUT2D eigenvalue weighted by atomic mass is 35.7. The second-order valence-corrected chi connectivity index (χ2v) is 5.40. The average molecular weight is 268 g/mol. The predicted octanol–water partition coefficient (Wildman–Crippen LogP) is 2.36. The molecule has 0 radical (unpaired) electrons. The fourth-order valence-corrected chi connectivity index (χ4v) is 2.63. The van der Waals surface area contributed by atoms with E-state index in [0.29, 0.717) is 0 Å². The number of rotatable bonds is 2. The zero-order valence-corrected chi connectivity index (χ0v) is 9.50. The van der Waals surface area contributed by atoms with E-state index < -0.39 is 19.8 Å². The van der Waals surface area contributed by atoms with Crippen LogP contribution >= 0.6 is 22.3 Å². The van der Waals surface area contributed by atoms with Crippen LogP contribution in [0.25, 0.3) is 0 Å². The summed E-state index contributed by atoms with van der Waals surface area (Å²) in [5.74, 6) is -1.31. The van der Waals surface area contributed by atoms with Crippen molar-refractivity contribution < 1.29 is 12.8 Å².